The Morgan fingerprint density at radius 2 is 2.00 bits per heavy atom. The number of imidazole rings is 1. The third-order valence-corrected chi connectivity index (χ3v) is 3.81. The molecule has 0 fully saturated rings. The number of nitrogens with zero attached hydrogens (tertiary/aromatic N) is 3. The second kappa shape index (κ2) is 5.06. The van der Waals surface area contributed by atoms with Crippen LogP contribution in [0.1, 0.15) is 11.8 Å². The molecule has 2 aromatic heterocycles. The number of benzene rings is 1. The second-order valence-electron chi connectivity index (χ2n) is 4.29. The zero-order valence-electron chi connectivity index (χ0n) is 10.3. The standard InChI is InChI=1S/C14H11N3O2S/c15-8-10(18)13(19)12-11(9-4-2-1-3-5-9)16-14-17(12)6-7-20-14/h1-7,10,13,18-19H. The molecule has 3 aromatic rings. The highest BCUT2D eigenvalue weighted by molar-refractivity contribution is 7.15. The summed E-state index contributed by atoms with van der Waals surface area (Å²) in [6.45, 7) is 0. The molecule has 2 atom stereocenters. The van der Waals surface area contributed by atoms with Crippen molar-refractivity contribution >= 4 is 16.3 Å². The van der Waals surface area contributed by atoms with E-state index >= 15 is 0 Å². The molecule has 0 aliphatic carbocycles. The molecule has 20 heavy (non-hydrogen) atoms. The van der Waals surface area contributed by atoms with Crippen LogP contribution in [-0.4, -0.2) is 25.7 Å². The van der Waals surface area contributed by atoms with Crippen molar-refractivity contribution in [2.24, 2.45) is 0 Å². The Bertz CT molecular complexity index is 773. The van der Waals surface area contributed by atoms with Crippen LogP contribution in [0.3, 0.4) is 0 Å². The summed E-state index contributed by atoms with van der Waals surface area (Å²) < 4.78 is 1.71. The minimum atomic E-state index is -1.49. The summed E-state index contributed by atoms with van der Waals surface area (Å²) in [7, 11) is 0. The number of rotatable bonds is 3. The zero-order chi connectivity index (χ0) is 14.1. The average molecular weight is 285 g/mol. The fourth-order valence-electron chi connectivity index (χ4n) is 2.11. The summed E-state index contributed by atoms with van der Waals surface area (Å²) >= 11 is 1.43. The molecule has 5 nitrogen and oxygen atoms in total. The van der Waals surface area contributed by atoms with Crippen molar-refractivity contribution in [3.8, 4) is 17.3 Å². The van der Waals surface area contributed by atoms with E-state index in [1.165, 1.54) is 11.3 Å². The number of hydrogen-bond acceptors (Lipinski definition) is 5. The molecule has 0 aliphatic heterocycles. The normalized spacial score (nSPS) is 14.1. The molecule has 0 saturated carbocycles. The molecule has 2 unspecified atom stereocenters. The lowest BCUT2D eigenvalue weighted by Crippen LogP contribution is -2.18. The lowest BCUT2D eigenvalue weighted by Gasteiger charge is -2.13. The molecule has 3 rings (SSSR count). The van der Waals surface area contributed by atoms with Gasteiger partial charge in [0.2, 0.25) is 0 Å². The van der Waals surface area contributed by atoms with E-state index < -0.39 is 12.2 Å². The van der Waals surface area contributed by atoms with Crippen molar-refractivity contribution in [1.29, 1.82) is 5.26 Å². The van der Waals surface area contributed by atoms with Crippen LogP contribution in [0.2, 0.25) is 0 Å². The highest BCUT2D eigenvalue weighted by Gasteiger charge is 2.26. The molecule has 2 heterocycles. The lowest BCUT2D eigenvalue weighted by atomic mass is 10.0. The van der Waals surface area contributed by atoms with E-state index in [1.54, 1.807) is 16.7 Å². The minimum absolute atomic E-state index is 0.432. The van der Waals surface area contributed by atoms with Crippen LogP contribution in [0.25, 0.3) is 16.2 Å². The summed E-state index contributed by atoms with van der Waals surface area (Å²) in [6.07, 6.45) is -1.03. The van der Waals surface area contributed by atoms with E-state index in [0.717, 1.165) is 5.56 Å². The van der Waals surface area contributed by atoms with Crippen LogP contribution < -0.4 is 0 Å². The van der Waals surface area contributed by atoms with Gasteiger partial charge in [0.25, 0.3) is 0 Å². The molecular weight excluding hydrogens is 274 g/mol. The topological polar surface area (TPSA) is 81.5 Å². The second-order valence-corrected chi connectivity index (χ2v) is 5.16. The lowest BCUT2D eigenvalue weighted by molar-refractivity contribution is 0.0497. The van der Waals surface area contributed by atoms with Gasteiger partial charge in [-0.3, -0.25) is 4.40 Å². The molecule has 0 spiro atoms. The molecule has 0 bridgehead atoms. The van der Waals surface area contributed by atoms with Crippen LogP contribution >= 0.6 is 11.3 Å². The van der Waals surface area contributed by atoms with Gasteiger partial charge in [-0.15, -0.1) is 11.3 Å². The van der Waals surface area contributed by atoms with Gasteiger partial charge in [0, 0.05) is 17.1 Å². The van der Waals surface area contributed by atoms with Gasteiger partial charge in [-0.2, -0.15) is 5.26 Å². The summed E-state index contributed by atoms with van der Waals surface area (Å²) in [5, 5.41) is 30.5. The van der Waals surface area contributed by atoms with E-state index in [2.05, 4.69) is 4.98 Å². The first-order chi connectivity index (χ1) is 9.72. The Labute approximate surface area is 119 Å². The van der Waals surface area contributed by atoms with Crippen molar-refractivity contribution in [2.45, 2.75) is 12.2 Å². The van der Waals surface area contributed by atoms with E-state index in [0.29, 0.717) is 16.3 Å². The summed E-state index contributed by atoms with van der Waals surface area (Å²) in [4.78, 5) is 5.19. The smallest absolute Gasteiger partial charge is 0.194 e. The van der Waals surface area contributed by atoms with E-state index in [1.807, 2.05) is 35.7 Å². The first kappa shape index (κ1) is 12.8. The van der Waals surface area contributed by atoms with Gasteiger partial charge in [-0.05, 0) is 0 Å². The average Bonchev–Trinajstić information content (AvgIpc) is 3.07. The number of aliphatic hydroxyl groups is 2. The van der Waals surface area contributed by atoms with Crippen LogP contribution in [0.15, 0.2) is 41.9 Å². The van der Waals surface area contributed by atoms with Crippen molar-refractivity contribution in [3.05, 3.63) is 47.6 Å². The van der Waals surface area contributed by atoms with Crippen molar-refractivity contribution in [3.63, 3.8) is 0 Å². The zero-order valence-corrected chi connectivity index (χ0v) is 11.2. The molecule has 2 N–H and O–H groups in total. The Morgan fingerprint density at radius 1 is 1.25 bits per heavy atom. The number of aromatic nitrogens is 2. The van der Waals surface area contributed by atoms with Crippen LogP contribution in [-0.2, 0) is 0 Å². The number of aliphatic hydroxyl groups excluding tert-OH is 2. The van der Waals surface area contributed by atoms with E-state index in [9.17, 15) is 10.2 Å². The van der Waals surface area contributed by atoms with Gasteiger partial charge in [-0.1, -0.05) is 30.3 Å². The predicted molar refractivity (Wildman–Crippen MR) is 75.1 cm³/mol. The van der Waals surface area contributed by atoms with Gasteiger partial charge in [0.05, 0.1) is 17.5 Å². The molecule has 0 radical (unpaired) electrons. The first-order valence-electron chi connectivity index (χ1n) is 5.99. The van der Waals surface area contributed by atoms with Crippen molar-refractivity contribution in [1.82, 2.24) is 9.38 Å². The Hall–Kier alpha value is -2.20. The number of thiazole rings is 1. The van der Waals surface area contributed by atoms with Gasteiger partial charge >= 0.3 is 0 Å². The SMILES string of the molecule is N#CC(O)C(O)c1c(-c2ccccc2)nc2sccn12. The van der Waals surface area contributed by atoms with E-state index in [4.69, 9.17) is 5.26 Å². The summed E-state index contributed by atoms with van der Waals surface area (Å²) in [6, 6.07) is 11.0. The monoisotopic (exact) mass is 285 g/mol. The molecule has 1 aromatic carbocycles. The number of fused-ring (bicyclic) bond motifs is 1. The number of nitriles is 1. The minimum Gasteiger partial charge on any atom is -0.383 e. The highest BCUT2D eigenvalue weighted by Crippen LogP contribution is 2.31. The summed E-state index contributed by atoms with van der Waals surface area (Å²) in [5.74, 6) is 0. The van der Waals surface area contributed by atoms with Gasteiger partial charge in [0.1, 0.15) is 6.10 Å². The molecule has 6 heteroatoms. The maximum atomic E-state index is 10.2. The third-order valence-electron chi connectivity index (χ3n) is 3.06. The highest BCUT2D eigenvalue weighted by atomic mass is 32.1. The number of hydrogen-bond donors (Lipinski definition) is 2. The maximum absolute atomic E-state index is 10.2. The van der Waals surface area contributed by atoms with Gasteiger partial charge < -0.3 is 10.2 Å². The molecular formula is C14H11N3O2S. The van der Waals surface area contributed by atoms with Crippen LogP contribution in [0.5, 0.6) is 0 Å². The summed E-state index contributed by atoms with van der Waals surface area (Å²) in [5.41, 5.74) is 1.85. The van der Waals surface area contributed by atoms with Crippen LogP contribution in [0, 0.1) is 11.3 Å². The van der Waals surface area contributed by atoms with Gasteiger partial charge in [0.15, 0.2) is 11.1 Å². The largest absolute Gasteiger partial charge is 0.383 e. The van der Waals surface area contributed by atoms with Crippen molar-refractivity contribution in [2.75, 3.05) is 0 Å². The Balaban J connectivity index is 2.22. The van der Waals surface area contributed by atoms with Gasteiger partial charge in [-0.25, -0.2) is 4.98 Å². The molecule has 0 amide bonds. The van der Waals surface area contributed by atoms with Crippen LogP contribution in [0.4, 0.5) is 0 Å². The maximum Gasteiger partial charge on any atom is 0.194 e. The third kappa shape index (κ3) is 1.98. The quantitative estimate of drug-likeness (QED) is 0.721. The Morgan fingerprint density at radius 3 is 2.70 bits per heavy atom. The van der Waals surface area contributed by atoms with Crippen molar-refractivity contribution < 1.29 is 10.2 Å². The molecule has 100 valence electrons. The molecule has 0 saturated heterocycles. The first-order valence-corrected chi connectivity index (χ1v) is 6.87. The molecule has 0 aliphatic rings. The Kier molecular flexibility index (Phi) is 3.24. The van der Waals surface area contributed by atoms with E-state index in [-0.39, 0.29) is 0 Å². The fourth-order valence-corrected chi connectivity index (χ4v) is 2.84. The predicted octanol–water partition coefficient (Wildman–Crippen LogP) is 1.98. The fraction of sp³-hybridized carbons (Fsp3) is 0.143.